The van der Waals surface area contributed by atoms with E-state index in [9.17, 15) is 8.42 Å². The fraction of sp³-hybridized carbons (Fsp3) is 0.500. The first-order valence-electron chi connectivity index (χ1n) is 7.99. The molecule has 7 heteroatoms. The van der Waals surface area contributed by atoms with Crippen molar-refractivity contribution in [2.75, 3.05) is 13.1 Å². The first-order valence-corrected chi connectivity index (χ1v) is 9.43. The lowest BCUT2D eigenvalue weighted by Crippen LogP contribution is -2.39. The zero-order chi connectivity index (χ0) is 16.3. The molecule has 1 aliphatic heterocycles. The van der Waals surface area contributed by atoms with Gasteiger partial charge in [-0.2, -0.15) is 9.29 Å². The SMILES string of the molecule is CCCc1noc(C2CCCN(S(=O)(=O)c3ccccc3)C2)n1. The summed E-state index contributed by atoms with van der Waals surface area (Å²) in [6.07, 6.45) is 3.40. The van der Waals surface area contributed by atoms with Crippen molar-refractivity contribution in [3.8, 4) is 0 Å². The van der Waals surface area contributed by atoms with Crippen molar-refractivity contribution in [3.05, 3.63) is 42.0 Å². The van der Waals surface area contributed by atoms with Crippen LogP contribution in [0.3, 0.4) is 0 Å². The van der Waals surface area contributed by atoms with Gasteiger partial charge in [0, 0.05) is 19.5 Å². The largest absolute Gasteiger partial charge is 0.339 e. The van der Waals surface area contributed by atoms with Crippen LogP contribution in [-0.4, -0.2) is 36.0 Å². The van der Waals surface area contributed by atoms with E-state index in [0.29, 0.717) is 29.7 Å². The summed E-state index contributed by atoms with van der Waals surface area (Å²) < 4.78 is 32.3. The fourth-order valence-electron chi connectivity index (χ4n) is 2.86. The van der Waals surface area contributed by atoms with Gasteiger partial charge in [-0.05, 0) is 31.4 Å². The number of aromatic nitrogens is 2. The Morgan fingerprint density at radius 3 is 2.83 bits per heavy atom. The highest BCUT2D eigenvalue weighted by molar-refractivity contribution is 7.89. The summed E-state index contributed by atoms with van der Waals surface area (Å²) in [7, 11) is -3.46. The number of hydrogen-bond donors (Lipinski definition) is 0. The molecule has 0 saturated carbocycles. The maximum Gasteiger partial charge on any atom is 0.243 e. The summed E-state index contributed by atoms with van der Waals surface area (Å²) >= 11 is 0. The van der Waals surface area contributed by atoms with E-state index in [0.717, 1.165) is 25.7 Å². The third-order valence-electron chi connectivity index (χ3n) is 4.07. The van der Waals surface area contributed by atoms with E-state index in [1.54, 1.807) is 24.3 Å². The highest BCUT2D eigenvalue weighted by Gasteiger charge is 2.33. The minimum Gasteiger partial charge on any atom is -0.339 e. The molecule has 1 saturated heterocycles. The highest BCUT2D eigenvalue weighted by Crippen LogP contribution is 2.29. The molecule has 1 aliphatic rings. The minimum atomic E-state index is -3.46. The maximum absolute atomic E-state index is 12.7. The van der Waals surface area contributed by atoms with Gasteiger partial charge < -0.3 is 4.52 Å². The van der Waals surface area contributed by atoms with E-state index in [-0.39, 0.29) is 5.92 Å². The number of piperidine rings is 1. The molecule has 0 spiro atoms. The quantitative estimate of drug-likeness (QED) is 0.839. The molecule has 1 atom stereocenters. The van der Waals surface area contributed by atoms with Crippen molar-refractivity contribution in [1.82, 2.24) is 14.4 Å². The zero-order valence-corrected chi connectivity index (χ0v) is 14.0. The molecule has 1 aromatic carbocycles. The van der Waals surface area contributed by atoms with Crippen LogP contribution < -0.4 is 0 Å². The Kier molecular flexibility index (Phi) is 4.77. The van der Waals surface area contributed by atoms with Gasteiger partial charge in [0.25, 0.3) is 0 Å². The third-order valence-corrected chi connectivity index (χ3v) is 5.95. The lowest BCUT2D eigenvalue weighted by Gasteiger charge is -2.30. The molecule has 1 aromatic heterocycles. The van der Waals surface area contributed by atoms with Crippen molar-refractivity contribution < 1.29 is 12.9 Å². The van der Waals surface area contributed by atoms with Crippen LogP contribution in [0.1, 0.15) is 43.8 Å². The Morgan fingerprint density at radius 2 is 2.09 bits per heavy atom. The second-order valence-corrected chi connectivity index (χ2v) is 7.75. The Bertz CT molecular complexity index is 743. The van der Waals surface area contributed by atoms with E-state index in [4.69, 9.17) is 4.52 Å². The average molecular weight is 335 g/mol. The van der Waals surface area contributed by atoms with Gasteiger partial charge in [0.15, 0.2) is 5.82 Å². The van der Waals surface area contributed by atoms with Crippen molar-refractivity contribution >= 4 is 10.0 Å². The van der Waals surface area contributed by atoms with Crippen LogP contribution in [0.2, 0.25) is 0 Å². The van der Waals surface area contributed by atoms with Crippen LogP contribution in [0, 0.1) is 0 Å². The standard InChI is InChI=1S/C16H21N3O3S/c1-2-7-15-17-16(22-18-15)13-8-6-11-19(12-13)23(20,21)14-9-4-3-5-10-14/h3-5,9-10,13H,2,6-8,11-12H2,1H3. The highest BCUT2D eigenvalue weighted by atomic mass is 32.2. The lowest BCUT2D eigenvalue weighted by molar-refractivity contribution is 0.265. The molecule has 0 aliphatic carbocycles. The minimum absolute atomic E-state index is 0.0275. The summed E-state index contributed by atoms with van der Waals surface area (Å²) in [5.74, 6) is 1.23. The molecule has 6 nitrogen and oxygen atoms in total. The molecule has 3 rings (SSSR count). The monoisotopic (exact) mass is 335 g/mol. The molecule has 0 N–H and O–H groups in total. The molecular weight excluding hydrogens is 314 g/mol. The van der Waals surface area contributed by atoms with E-state index >= 15 is 0 Å². The van der Waals surface area contributed by atoms with Crippen LogP contribution in [0.4, 0.5) is 0 Å². The van der Waals surface area contributed by atoms with Crippen molar-refractivity contribution in [2.24, 2.45) is 0 Å². The van der Waals surface area contributed by atoms with Gasteiger partial charge in [0.05, 0.1) is 10.8 Å². The number of nitrogens with zero attached hydrogens (tertiary/aromatic N) is 3. The van der Waals surface area contributed by atoms with E-state index in [2.05, 4.69) is 17.1 Å². The molecule has 0 amide bonds. The predicted octanol–water partition coefficient (Wildman–Crippen LogP) is 2.59. The summed E-state index contributed by atoms with van der Waals surface area (Å²) in [6, 6.07) is 8.55. The number of aryl methyl sites for hydroxylation is 1. The van der Waals surface area contributed by atoms with Gasteiger partial charge >= 0.3 is 0 Å². The molecule has 124 valence electrons. The number of benzene rings is 1. The normalized spacial score (nSPS) is 19.8. The number of hydrogen-bond acceptors (Lipinski definition) is 5. The zero-order valence-electron chi connectivity index (χ0n) is 13.2. The first kappa shape index (κ1) is 16.1. The molecule has 1 fully saturated rings. The Labute approximate surface area is 136 Å². The van der Waals surface area contributed by atoms with E-state index < -0.39 is 10.0 Å². The second-order valence-electron chi connectivity index (χ2n) is 5.81. The Hall–Kier alpha value is -1.73. The predicted molar refractivity (Wildman–Crippen MR) is 85.5 cm³/mol. The van der Waals surface area contributed by atoms with Crippen LogP contribution in [0.25, 0.3) is 0 Å². The van der Waals surface area contributed by atoms with Crippen LogP contribution >= 0.6 is 0 Å². The van der Waals surface area contributed by atoms with Gasteiger partial charge in [-0.3, -0.25) is 0 Å². The third kappa shape index (κ3) is 3.45. The molecule has 2 heterocycles. The van der Waals surface area contributed by atoms with Crippen molar-refractivity contribution in [3.63, 3.8) is 0 Å². The smallest absolute Gasteiger partial charge is 0.243 e. The number of rotatable bonds is 5. The summed E-state index contributed by atoms with van der Waals surface area (Å²) in [6.45, 7) is 2.99. The average Bonchev–Trinajstić information content (AvgIpc) is 3.05. The summed E-state index contributed by atoms with van der Waals surface area (Å²) in [5.41, 5.74) is 0. The Balaban J connectivity index is 1.77. The second kappa shape index (κ2) is 6.80. The topological polar surface area (TPSA) is 76.3 Å². The van der Waals surface area contributed by atoms with Gasteiger partial charge in [-0.15, -0.1) is 0 Å². The summed E-state index contributed by atoms with van der Waals surface area (Å²) in [5, 5.41) is 3.97. The van der Waals surface area contributed by atoms with E-state index in [1.165, 1.54) is 4.31 Å². The number of sulfonamides is 1. The van der Waals surface area contributed by atoms with Gasteiger partial charge in [-0.25, -0.2) is 8.42 Å². The van der Waals surface area contributed by atoms with Gasteiger partial charge in [0.2, 0.25) is 15.9 Å². The van der Waals surface area contributed by atoms with Crippen LogP contribution in [0.15, 0.2) is 39.8 Å². The fourth-order valence-corrected chi connectivity index (χ4v) is 4.41. The molecular formula is C16H21N3O3S. The van der Waals surface area contributed by atoms with Crippen LogP contribution in [-0.2, 0) is 16.4 Å². The Morgan fingerprint density at radius 1 is 1.30 bits per heavy atom. The molecule has 0 bridgehead atoms. The van der Waals surface area contributed by atoms with Crippen molar-refractivity contribution in [2.45, 2.75) is 43.4 Å². The molecule has 2 aromatic rings. The summed E-state index contributed by atoms with van der Waals surface area (Å²) in [4.78, 5) is 4.74. The molecule has 1 unspecified atom stereocenters. The molecule has 0 radical (unpaired) electrons. The van der Waals surface area contributed by atoms with Gasteiger partial charge in [-0.1, -0.05) is 30.3 Å². The van der Waals surface area contributed by atoms with Gasteiger partial charge in [0.1, 0.15) is 0 Å². The van der Waals surface area contributed by atoms with E-state index in [1.807, 2.05) is 6.07 Å². The van der Waals surface area contributed by atoms with Crippen LogP contribution in [0.5, 0.6) is 0 Å². The molecule has 23 heavy (non-hydrogen) atoms. The lowest BCUT2D eigenvalue weighted by atomic mass is 10.00. The maximum atomic E-state index is 12.7. The first-order chi connectivity index (χ1) is 11.1. The van der Waals surface area contributed by atoms with Crippen molar-refractivity contribution in [1.29, 1.82) is 0 Å².